The number of anilines is 1. The SMILES string of the molecule is CCN(CC(=O)Nc1ccccc1OC)C(=O)CCc1ccc(C)cc1C. The molecule has 0 heterocycles. The van der Waals surface area contributed by atoms with E-state index in [1.165, 1.54) is 16.7 Å². The van der Waals surface area contributed by atoms with Gasteiger partial charge in [0.25, 0.3) is 0 Å². The third-order valence-electron chi connectivity index (χ3n) is 4.56. The number of benzene rings is 2. The summed E-state index contributed by atoms with van der Waals surface area (Å²) in [7, 11) is 1.56. The van der Waals surface area contributed by atoms with Crippen LogP contribution in [0, 0.1) is 13.8 Å². The molecule has 0 saturated carbocycles. The van der Waals surface area contributed by atoms with Gasteiger partial charge in [0.05, 0.1) is 19.3 Å². The van der Waals surface area contributed by atoms with Crippen LogP contribution in [-0.4, -0.2) is 36.9 Å². The zero-order valence-electron chi connectivity index (χ0n) is 16.5. The summed E-state index contributed by atoms with van der Waals surface area (Å²) < 4.78 is 5.24. The molecular weight excluding hydrogens is 340 g/mol. The van der Waals surface area contributed by atoms with Crippen molar-refractivity contribution in [3.8, 4) is 5.75 Å². The topological polar surface area (TPSA) is 58.6 Å². The van der Waals surface area contributed by atoms with E-state index in [4.69, 9.17) is 4.74 Å². The normalized spacial score (nSPS) is 10.4. The Balaban J connectivity index is 1.93. The molecule has 0 aliphatic rings. The van der Waals surface area contributed by atoms with Crippen LogP contribution in [0.3, 0.4) is 0 Å². The molecule has 0 bridgehead atoms. The highest BCUT2D eigenvalue weighted by Gasteiger charge is 2.17. The van der Waals surface area contributed by atoms with E-state index < -0.39 is 0 Å². The molecule has 2 rings (SSSR count). The van der Waals surface area contributed by atoms with Gasteiger partial charge in [0, 0.05) is 13.0 Å². The monoisotopic (exact) mass is 368 g/mol. The van der Waals surface area contributed by atoms with Crippen LogP contribution < -0.4 is 10.1 Å². The second-order valence-electron chi connectivity index (χ2n) is 6.59. The van der Waals surface area contributed by atoms with Crippen molar-refractivity contribution in [2.75, 3.05) is 25.5 Å². The largest absolute Gasteiger partial charge is 0.495 e. The molecule has 0 aromatic heterocycles. The summed E-state index contributed by atoms with van der Waals surface area (Å²) >= 11 is 0. The van der Waals surface area contributed by atoms with Crippen LogP contribution in [0.25, 0.3) is 0 Å². The first-order chi connectivity index (χ1) is 12.9. The van der Waals surface area contributed by atoms with Gasteiger partial charge in [-0.3, -0.25) is 9.59 Å². The maximum Gasteiger partial charge on any atom is 0.244 e. The summed E-state index contributed by atoms with van der Waals surface area (Å²) in [4.78, 5) is 26.5. The van der Waals surface area contributed by atoms with Gasteiger partial charge in [0.1, 0.15) is 5.75 Å². The van der Waals surface area contributed by atoms with Crippen molar-refractivity contribution >= 4 is 17.5 Å². The fourth-order valence-electron chi connectivity index (χ4n) is 3.01. The van der Waals surface area contributed by atoms with Gasteiger partial charge in [-0.1, -0.05) is 35.9 Å². The Kier molecular flexibility index (Phi) is 7.41. The Labute approximate surface area is 161 Å². The molecular formula is C22H28N2O3. The number of nitrogens with one attached hydrogen (secondary N) is 1. The molecule has 27 heavy (non-hydrogen) atoms. The van der Waals surface area contributed by atoms with Gasteiger partial charge in [-0.05, 0) is 50.5 Å². The number of rotatable bonds is 8. The molecule has 0 unspecified atom stereocenters. The molecule has 5 nitrogen and oxygen atoms in total. The lowest BCUT2D eigenvalue weighted by Gasteiger charge is -2.21. The predicted molar refractivity (Wildman–Crippen MR) is 108 cm³/mol. The smallest absolute Gasteiger partial charge is 0.244 e. The average molecular weight is 368 g/mol. The number of carbonyl (C=O) groups excluding carboxylic acids is 2. The van der Waals surface area contributed by atoms with E-state index in [0.29, 0.717) is 30.8 Å². The number of carbonyl (C=O) groups is 2. The Morgan fingerprint density at radius 2 is 1.85 bits per heavy atom. The number of amides is 2. The summed E-state index contributed by atoms with van der Waals surface area (Å²) in [6.07, 6.45) is 1.06. The van der Waals surface area contributed by atoms with E-state index >= 15 is 0 Å². The molecule has 5 heteroatoms. The zero-order valence-corrected chi connectivity index (χ0v) is 16.5. The van der Waals surface area contributed by atoms with E-state index in [0.717, 1.165) is 0 Å². The molecule has 0 aliphatic carbocycles. The number of likely N-dealkylation sites (N-methyl/N-ethyl adjacent to an activating group) is 1. The summed E-state index contributed by atoms with van der Waals surface area (Å²) in [5.74, 6) is 0.337. The Morgan fingerprint density at radius 1 is 1.11 bits per heavy atom. The molecule has 1 N–H and O–H groups in total. The summed E-state index contributed by atoms with van der Waals surface area (Å²) in [5, 5.41) is 2.81. The standard InChI is InChI=1S/C22H28N2O3/c1-5-24(15-21(25)23-19-8-6-7-9-20(19)27-4)22(26)13-12-18-11-10-16(2)14-17(18)3/h6-11,14H,5,12-13,15H2,1-4H3,(H,23,25). The Morgan fingerprint density at radius 3 is 2.52 bits per heavy atom. The van der Waals surface area contributed by atoms with Crippen LogP contribution in [0.1, 0.15) is 30.0 Å². The highest BCUT2D eigenvalue weighted by molar-refractivity contribution is 5.95. The fourth-order valence-corrected chi connectivity index (χ4v) is 3.01. The fraction of sp³-hybridized carbons (Fsp3) is 0.364. The van der Waals surface area contributed by atoms with Crippen LogP contribution in [-0.2, 0) is 16.0 Å². The number of ether oxygens (including phenoxy) is 1. The first-order valence-corrected chi connectivity index (χ1v) is 9.21. The number of nitrogens with zero attached hydrogens (tertiary/aromatic N) is 1. The highest BCUT2D eigenvalue weighted by Crippen LogP contribution is 2.22. The van der Waals surface area contributed by atoms with Gasteiger partial charge in [-0.25, -0.2) is 0 Å². The zero-order chi connectivity index (χ0) is 19.8. The number of aryl methyl sites for hydroxylation is 3. The maximum atomic E-state index is 12.6. The predicted octanol–water partition coefficient (Wildman–Crippen LogP) is 3.73. The van der Waals surface area contributed by atoms with Crippen molar-refractivity contribution < 1.29 is 14.3 Å². The minimum absolute atomic E-state index is 0.0207. The number of hydrogen-bond donors (Lipinski definition) is 1. The number of methoxy groups -OCH3 is 1. The van der Waals surface area contributed by atoms with E-state index in [9.17, 15) is 9.59 Å². The molecule has 144 valence electrons. The maximum absolute atomic E-state index is 12.6. The first-order valence-electron chi connectivity index (χ1n) is 9.21. The Bertz CT molecular complexity index is 802. The van der Waals surface area contributed by atoms with Crippen LogP contribution in [0.4, 0.5) is 5.69 Å². The quantitative estimate of drug-likeness (QED) is 0.772. The lowest BCUT2D eigenvalue weighted by molar-refractivity contribution is -0.134. The average Bonchev–Trinajstić information content (AvgIpc) is 2.65. The van der Waals surface area contributed by atoms with Crippen molar-refractivity contribution in [3.05, 3.63) is 59.2 Å². The van der Waals surface area contributed by atoms with Gasteiger partial charge in [-0.15, -0.1) is 0 Å². The molecule has 2 amide bonds. The van der Waals surface area contributed by atoms with Crippen LogP contribution >= 0.6 is 0 Å². The van der Waals surface area contributed by atoms with E-state index in [1.54, 1.807) is 24.1 Å². The minimum Gasteiger partial charge on any atom is -0.495 e. The molecule has 0 spiro atoms. The second-order valence-corrected chi connectivity index (χ2v) is 6.59. The molecule has 0 atom stereocenters. The van der Waals surface area contributed by atoms with Crippen molar-refractivity contribution in [3.63, 3.8) is 0 Å². The minimum atomic E-state index is -0.235. The summed E-state index contributed by atoms with van der Waals surface area (Å²) in [5.41, 5.74) is 4.18. The van der Waals surface area contributed by atoms with E-state index in [1.807, 2.05) is 19.1 Å². The molecule has 0 fully saturated rings. The lowest BCUT2D eigenvalue weighted by atomic mass is 10.0. The third-order valence-corrected chi connectivity index (χ3v) is 4.56. The summed E-state index contributed by atoms with van der Waals surface area (Å²) in [6.45, 7) is 6.52. The summed E-state index contributed by atoms with van der Waals surface area (Å²) in [6, 6.07) is 13.5. The number of hydrogen-bond acceptors (Lipinski definition) is 3. The van der Waals surface area contributed by atoms with Crippen LogP contribution in [0.5, 0.6) is 5.75 Å². The second kappa shape index (κ2) is 9.76. The van der Waals surface area contributed by atoms with Gasteiger partial charge in [0.2, 0.25) is 11.8 Å². The molecule has 0 radical (unpaired) electrons. The van der Waals surface area contributed by atoms with Crippen molar-refractivity contribution in [2.24, 2.45) is 0 Å². The van der Waals surface area contributed by atoms with Crippen LogP contribution in [0.2, 0.25) is 0 Å². The molecule has 0 saturated heterocycles. The van der Waals surface area contributed by atoms with Gasteiger partial charge in [0.15, 0.2) is 0 Å². The van der Waals surface area contributed by atoms with Gasteiger partial charge in [-0.2, -0.15) is 0 Å². The third kappa shape index (κ3) is 5.84. The molecule has 2 aromatic rings. The number of para-hydroxylation sites is 2. The van der Waals surface area contributed by atoms with E-state index in [2.05, 4.69) is 37.4 Å². The molecule has 2 aromatic carbocycles. The molecule has 0 aliphatic heterocycles. The lowest BCUT2D eigenvalue weighted by Crippen LogP contribution is -2.38. The van der Waals surface area contributed by atoms with Crippen molar-refractivity contribution in [1.82, 2.24) is 4.90 Å². The Hall–Kier alpha value is -2.82. The van der Waals surface area contributed by atoms with Crippen molar-refractivity contribution in [1.29, 1.82) is 0 Å². The first kappa shape index (κ1) is 20.5. The van der Waals surface area contributed by atoms with Gasteiger partial charge < -0.3 is 15.0 Å². The highest BCUT2D eigenvalue weighted by atomic mass is 16.5. The van der Waals surface area contributed by atoms with E-state index in [-0.39, 0.29) is 18.4 Å². The van der Waals surface area contributed by atoms with Gasteiger partial charge >= 0.3 is 0 Å². The van der Waals surface area contributed by atoms with Crippen molar-refractivity contribution in [2.45, 2.75) is 33.6 Å². The van der Waals surface area contributed by atoms with Crippen LogP contribution in [0.15, 0.2) is 42.5 Å².